The first kappa shape index (κ1) is 14.5. The second-order valence-corrected chi connectivity index (χ2v) is 6.86. The minimum atomic E-state index is 0.418. The van der Waals surface area contributed by atoms with Crippen molar-refractivity contribution in [3.05, 3.63) is 47.2 Å². The average molecular weight is 372 g/mol. The number of nitrogens with one attached hydrogen (secondary N) is 1. The van der Waals surface area contributed by atoms with Crippen LogP contribution < -0.4 is 10.2 Å². The third kappa shape index (κ3) is 2.91. The molecular formula is C17H18BrN5. The number of halogens is 1. The fourth-order valence-electron chi connectivity index (χ4n) is 3.12. The molecule has 0 aliphatic carbocycles. The molecular weight excluding hydrogens is 354 g/mol. The Balaban J connectivity index is 1.54. The van der Waals surface area contributed by atoms with Crippen molar-refractivity contribution in [1.82, 2.24) is 14.8 Å². The number of hydrogen-bond donors (Lipinski definition) is 1. The van der Waals surface area contributed by atoms with Crippen LogP contribution in [0.2, 0.25) is 0 Å². The molecule has 6 heteroatoms. The summed E-state index contributed by atoms with van der Waals surface area (Å²) in [5.41, 5.74) is 2.15. The van der Waals surface area contributed by atoms with Crippen LogP contribution in [0.3, 0.4) is 0 Å². The van der Waals surface area contributed by atoms with Crippen molar-refractivity contribution in [3.63, 3.8) is 0 Å². The van der Waals surface area contributed by atoms with Gasteiger partial charge >= 0.3 is 0 Å². The number of fused-ring (bicyclic) bond motifs is 1. The maximum atomic E-state index is 4.49. The van der Waals surface area contributed by atoms with Gasteiger partial charge < -0.3 is 10.2 Å². The fraction of sp³-hybridized carbons (Fsp3) is 0.294. The van der Waals surface area contributed by atoms with E-state index in [9.17, 15) is 0 Å². The SMILES string of the molecule is Cn1ccc(N2CCC(Nc3ccnc4ccc(Br)cc34)C2)n1. The molecule has 2 aromatic heterocycles. The van der Waals surface area contributed by atoms with Crippen LogP contribution in [0.1, 0.15) is 6.42 Å². The maximum Gasteiger partial charge on any atom is 0.150 e. The third-order valence-corrected chi connectivity index (χ3v) is 4.77. The van der Waals surface area contributed by atoms with Crippen LogP contribution in [-0.2, 0) is 7.05 Å². The van der Waals surface area contributed by atoms with Gasteiger partial charge in [0.2, 0.25) is 0 Å². The van der Waals surface area contributed by atoms with Crippen molar-refractivity contribution in [2.24, 2.45) is 7.05 Å². The molecule has 0 radical (unpaired) electrons. The molecule has 1 aliphatic rings. The molecule has 1 unspecified atom stereocenters. The van der Waals surface area contributed by atoms with E-state index < -0.39 is 0 Å². The third-order valence-electron chi connectivity index (χ3n) is 4.28. The smallest absolute Gasteiger partial charge is 0.150 e. The van der Waals surface area contributed by atoms with Gasteiger partial charge in [-0.3, -0.25) is 9.67 Å². The number of anilines is 2. The highest BCUT2D eigenvalue weighted by Crippen LogP contribution is 2.27. The Hall–Kier alpha value is -2.08. The Bertz CT molecular complexity index is 844. The van der Waals surface area contributed by atoms with Crippen LogP contribution in [-0.4, -0.2) is 33.9 Å². The molecule has 1 atom stereocenters. The first-order valence-electron chi connectivity index (χ1n) is 7.74. The van der Waals surface area contributed by atoms with Crippen molar-refractivity contribution < 1.29 is 0 Å². The van der Waals surface area contributed by atoms with Crippen LogP contribution in [0.4, 0.5) is 11.5 Å². The van der Waals surface area contributed by atoms with Crippen LogP contribution in [0.5, 0.6) is 0 Å². The van der Waals surface area contributed by atoms with Gasteiger partial charge in [-0.1, -0.05) is 15.9 Å². The zero-order chi connectivity index (χ0) is 15.8. The van der Waals surface area contributed by atoms with Crippen LogP contribution in [0.25, 0.3) is 10.9 Å². The quantitative estimate of drug-likeness (QED) is 0.765. The van der Waals surface area contributed by atoms with Gasteiger partial charge in [0.05, 0.1) is 5.52 Å². The lowest BCUT2D eigenvalue weighted by Crippen LogP contribution is -2.26. The van der Waals surface area contributed by atoms with Crippen molar-refractivity contribution in [2.45, 2.75) is 12.5 Å². The predicted molar refractivity (Wildman–Crippen MR) is 96.9 cm³/mol. The van der Waals surface area contributed by atoms with Gasteiger partial charge in [-0.15, -0.1) is 0 Å². The van der Waals surface area contributed by atoms with Gasteiger partial charge in [-0.05, 0) is 30.7 Å². The number of nitrogens with zero attached hydrogens (tertiary/aromatic N) is 4. The fourth-order valence-corrected chi connectivity index (χ4v) is 3.48. The van der Waals surface area contributed by atoms with Crippen molar-refractivity contribution in [1.29, 1.82) is 0 Å². The summed E-state index contributed by atoms with van der Waals surface area (Å²) in [5, 5.41) is 9.33. The largest absolute Gasteiger partial charge is 0.380 e. The molecule has 0 saturated carbocycles. The molecule has 3 heterocycles. The second kappa shape index (κ2) is 5.85. The lowest BCUT2D eigenvalue weighted by Gasteiger charge is -2.18. The molecule has 118 valence electrons. The van der Waals surface area contributed by atoms with Gasteiger partial charge in [-0.2, -0.15) is 5.10 Å². The van der Waals surface area contributed by atoms with E-state index >= 15 is 0 Å². The van der Waals surface area contributed by atoms with E-state index in [0.29, 0.717) is 6.04 Å². The number of aryl methyl sites for hydroxylation is 1. The molecule has 1 saturated heterocycles. The van der Waals surface area contributed by atoms with E-state index in [-0.39, 0.29) is 0 Å². The molecule has 5 nitrogen and oxygen atoms in total. The summed E-state index contributed by atoms with van der Waals surface area (Å²) < 4.78 is 2.92. The van der Waals surface area contributed by atoms with E-state index in [1.165, 1.54) is 0 Å². The molecule has 1 N–H and O–H groups in total. The first-order chi connectivity index (χ1) is 11.2. The lowest BCUT2D eigenvalue weighted by molar-refractivity contribution is 0.753. The summed E-state index contributed by atoms with van der Waals surface area (Å²) in [6, 6.07) is 10.7. The Morgan fingerprint density at radius 2 is 2.17 bits per heavy atom. The van der Waals surface area contributed by atoms with E-state index in [1.54, 1.807) is 0 Å². The van der Waals surface area contributed by atoms with Gasteiger partial charge in [0.25, 0.3) is 0 Å². The topological polar surface area (TPSA) is 46.0 Å². The predicted octanol–water partition coefficient (Wildman–Crippen LogP) is 3.42. The molecule has 23 heavy (non-hydrogen) atoms. The van der Waals surface area contributed by atoms with E-state index in [0.717, 1.165) is 46.4 Å². The first-order valence-corrected chi connectivity index (χ1v) is 8.54. The zero-order valence-electron chi connectivity index (χ0n) is 12.9. The van der Waals surface area contributed by atoms with Gasteiger partial charge in [0.15, 0.2) is 5.82 Å². The van der Waals surface area contributed by atoms with Crippen LogP contribution in [0.15, 0.2) is 47.2 Å². The highest BCUT2D eigenvalue weighted by molar-refractivity contribution is 9.10. The zero-order valence-corrected chi connectivity index (χ0v) is 14.5. The normalized spacial score (nSPS) is 17.8. The summed E-state index contributed by atoms with van der Waals surface area (Å²) in [4.78, 5) is 6.77. The molecule has 4 rings (SSSR count). The summed E-state index contributed by atoms with van der Waals surface area (Å²) in [5.74, 6) is 1.05. The van der Waals surface area contributed by atoms with Crippen molar-refractivity contribution in [2.75, 3.05) is 23.3 Å². The van der Waals surface area contributed by atoms with E-state index in [2.05, 4.69) is 54.4 Å². The van der Waals surface area contributed by atoms with E-state index in [1.807, 2.05) is 36.3 Å². The summed E-state index contributed by atoms with van der Waals surface area (Å²) in [6.45, 7) is 2.00. The molecule has 0 amide bonds. The molecule has 0 bridgehead atoms. The summed E-state index contributed by atoms with van der Waals surface area (Å²) in [6.07, 6.45) is 4.96. The molecule has 0 spiro atoms. The highest BCUT2D eigenvalue weighted by atomic mass is 79.9. The standard InChI is InChI=1S/C17H18BrN5/c1-22-8-6-17(21-22)23-9-5-13(11-23)20-16-4-7-19-15-3-2-12(18)10-14(15)16/h2-4,6-8,10,13H,5,9,11H2,1H3,(H,19,20). The molecule has 1 aromatic carbocycles. The number of pyridine rings is 1. The van der Waals surface area contributed by atoms with Gasteiger partial charge in [0, 0.05) is 60.2 Å². The summed E-state index contributed by atoms with van der Waals surface area (Å²) >= 11 is 3.55. The number of aromatic nitrogens is 3. The Kier molecular flexibility index (Phi) is 3.69. The maximum absolute atomic E-state index is 4.49. The van der Waals surface area contributed by atoms with Gasteiger partial charge in [-0.25, -0.2) is 0 Å². The van der Waals surface area contributed by atoms with Crippen molar-refractivity contribution in [3.8, 4) is 0 Å². The minimum absolute atomic E-state index is 0.418. The van der Waals surface area contributed by atoms with Gasteiger partial charge in [0.1, 0.15) is 0 Å². The lowest BCUT2D eigenvalue weighted by atomic mass is 10.1. The monoisotopic (exact) mass is 371 g/mol. The molecule has 3 aromatic rings. The Morgan fingerprint density at radius 1 is 1.26 bits per heavy atom. The summed E-state index contributed by atoms with van der Waals surface area (Å²) in [7, 11) is 1.95. The highest BCUT2D eigenvalue weighted by Gasteiger charge is 2.24. The Labute approximate surface area is 143 Å². The number of rotatable bonds is 3. The average Bonchev–Trinajstić information content (AvgIpc) is 3.17. The van der Waals surface area contributed by atoms with E-state index in [4.69, 9.17) is 0 Å². The second-order valence-electron chi connectivity index (χ2n) is 5.94. The van der Waals surface area contributed by atoms with Crippen molar-refractivity contribution >= 4 is 38.3 Å². The van der Waals surface area contributed by atoms with Crippen LogP contribution >= 0.6 is 15.9 Å². The molecule has 1 fully saturated rings. The molecule has 1 aliphatic heterocycles. The number of hydrogen-bond acceptors (Lipinski definition) is 4. The Morgan fingerprint density at radius 3 is 3.00 bits per heavy atom. The number of benzene rings is 1. The minimum Gasteiger partial charge on any atom is -0.380 e. The van der Waals surface area contributed by atoms with Crippen LogP contribution in [0, 0.1) is 0 Å².